The normalized spacial score (nSPS) is 11.5. The van der Waals surface area contributed by atoms with E-state index >= 15 is 0 Å². The van der Waals surface area contributed by atoms with Crippen LogP contribution in [0.1, 0.15) is 0 Å². The maximum absolute atomic E-state index is 6.13. The molecule has 2 nitrogen and oxygen atoms in total. The van der Waals surface area contributed by atoms with Gasteiger partial charge in [-0.05, 0) is 98.4 Å². The summed E-state index contributed by atoms with van der Waals surface area (Å²) in [7, 11) is 0. The number of hydrogen-bond acceptors (Lipinski definition) is 2. The SMILES string of the molecule is c1ccc(-c2ccc(N(c3ccc(-c4ccc5c(ccc6oc7ccccc7c65)c4)cc3)c3ccc4ccccc4c3)cc2)cc1. The van der Waals surface area contributed by atoms with Gasteiger partial charge in [-0.25, -0.2) is 0 Å². The lowest BCUT2D eigenvalue weighted by Gasteiger charge is -2.26. The summed E-state index contributed by atoms with van der Waals surface area (Å²) in [5.41, 5.74) is 10.00. The maximum Gasteiger partial charge on any atom is 0.136 e. The lowest BCUT2D eigenvalue weighted by atomic mass is 9.98. The first-order valence-electron chi connectivity index (χ1n) is 15.7. The molecule has 216 valence electrons. The second-order valence-corrected chi connectivity index (χ2v) is 11.8. The van der Waals surface area contributed by atoms with Gasteiger partial charge in [-0.2, -0.15) is 0 Å². The molecule has 0 amide bonds. The van der Waals surface area contributed by atoms with Crippen molar-refractivity contribution in [1.29, 1.82) is 0 Å². The van der Waals surface area contributed by atoms with Gasteiger partial charge in [-0.15, -0.1) is 0 Å². The second kappa shape index (κ2) is 10.8. The summed E-state index contributed by atoms with van der Waals surface area (Å²) in [6, 6.07) is 62.8. The molecule has 0 saturated carbocycles. The number of fused-ring (bicyclic) bond motifs is 6. The molecule has 0 fully saturated rings. The third-order valence-electron chi connectivity index (χ3n) is 9.04. The smallest absolute Gasteiger partial charge is 0.136 e. The van der Waals surface area contributed by atoms with Crippen molar-refractivity contribution in [3.05, 3.63) is 176 Å². The van der Waals surface area contributed by atoms with Crippen LogP contribution in [0.15, 0.2) is 180 Å². The Kier molecular flexibility index (Phi) is 6.17. The molecule has 2 heteroatoms. The molecular formula is C44H29NO. The van der Waals surface area contributed by atoms with Crippen LogP contribution in [-0.4, -0.2) is 0 Å². The molecular weight excluding hydrogens is 558 g/mol. The molecule has 0 aliphatic rings. The number of anilines is 3. The highest BCUT2D eigenvalue weighted by Gasteiger charge is 2.15. The summed E-state index contributed by atoms with van der Waals surface area (Å²) in [5.74, 6) is 0. The topological polar surface area (TPSA) is 16.4 Å². The van der Waals surface area contributed by atoms with Crippen LogP contribution in [0.3, 0.4) is 0 Å². The Balaban J connectivity index is 1.11. The van der Waals surface area contributed by atoms with Gasteiger partial charge in [-0.3, -0.25) is 0 Å². The number of para-hydroxylation sites is 1. The van der Waals surface area contributed by atoms with Crippen LogP contribution in [0.4, 0.5) is 17.1 Å². The van der Waals surface area contributed by atoms with Crippen LogP contribution in [0, 0.1) is 0 Å². The van der Waals surface area contributed by atoms with Crippen LogP contribution >= 0.6 is 0 Å². The van der Waals surface area contributed by atoms with Gasteiger partial charge in [0, 0.05) is 27.8 Å². The minimum Gasteiger partial charge on any atom is -0.456 e. The van der Waals surface area contributed by atoms with Gasteiger partial charge in [0.05, 0.1) is 0 Å². The standard InChI is InChI=1S/C44H29NO/c1-2-8-30(9-3-1)32-14-21-37(22-15-32)45(39-25-18-31-10-4-5-11-34(31)29-39)38-23-16-33(17-24-38)35-19-26-40-36(28-35)20-27-43-44(40)41-12-6-7-13-42(41)46-43/h1-29H. The van der Waals surface area contributed by atoms with E-state index in [1.54, 1.807) is 0 Å². The van der Waals surface area contributed by atoms with Crippen molar-refractivity contribution >= 4 is 60.5 Å². The lowest BCUT2D eigenvalue weighted by molar-refractivity contribution is 0.669. The van der Waals surface area contributed by atoms with Gasteiger partial charge < -0.3 is 9.32 Å². The molecule has 0 aliphatic carbocycles. The van der Waals surface area contributed by atoms with E-state index in [0.29, 0.717) is 0 Å². The van der Waals surface area contributed by atoms with Gasteiger partial charge in [0.25, 0.3) is 0 Å². The fourth-order valence-corrected chi connectivity index (χ4v) is 6.73. The molecule has 1 heterocycles. The van der Waals surface area contributed by atoms with E-state index < -0.39 is 0 Å². The molecule has 0 N–H and O–H groups in total. The van der Waals surface area contributed by atoms with Crippen molar-refractivity contribution in [2.24, 2.45) is 0 Å². The highest BCUT2D eigenvalue weighted by atomic mass is 16.3. The zero-order chi connectivity index (χ0) is 30.5. The van der Waals surface area contributed by atoms with E-state index in [9.17, 15) is 0 Å². The minimum atomic E-state index is 0.926. The molecule has 9 rings (SSSR count). The summed E-state index contributed by atoms with van der Waals surface area (Å²) in [5, 5.41) is 7.21. The zero-order valence-corrected chi connectivity index (χ0v) is 25.1. The first-order valence-corrected chi connectivity index (χ1v) is 15.7. The van der Waals surface area contributed by atoms with Crippen LogP contribution in [0.5, 0.6) is 0 Å². The van der Waals surface area contributed by atoms with E-state index in [2.05, 4.69) is 169 Å². The largest absolute Gasteiger partial charge is 0.456 e. The Hall–Kier alpha value is -6.12. The Morgan fingerprint density at radius 3 is 1.70 bits per heavy atom. The summed E-state index contributed by atoms with van der Waals surface area (Å²) >= 11 is 0. The number of rotatable bonds is 5. The fraction of sp³-hybridized carbons (Fsp3) is 0. The lowest BCUT2D eigenvalue weighted by Crippen LogP contribution is -2.09. The quantitative estimate of drug-likeness (QED) is 0.199. The number of furan rings is 1. The molecule has 0 radical (unpaired) electrons. The molecule has 1 aromatic heterocycles. The van der Waals surface area contributed by atoms with Crippen LogP contribution in [0.25, 0.3) is 65.7 Å². The molecule has 0 unspecified atom stereocenters. The third-order valence-corrected chi connectivity index (χ3v) is 9.04. The van der Waals surface area contributed by atoms with E-state index in [4.69, 9.17) is 4.42 Å². The van der Waals surface area contributed by atoms with E-state index in [-0.39, 0.29) is 0 Å². The average molecular weight is 588 g/mol. The molecule has 0 saturated heterocycles. The van der Waals surface area contributed by atoms with Crippen LogP contribution in [-0.2, 0) is 0 Å². The van der Waals surface area contributed by atoms with Gasteiger partial charge in [0.2, 0.25) is 0 Å². The first-order chi connectivity index (χ1) is 22.8. The Labute approximate surface area is 267 Å². The summed E-state index contributed by atoms with van der Waals surface area (Å²) in [6.45, 7) is 0. The second-order valence-electron chi connectivity index (χ2n) is 11.8. The molecule has 46 heavy (non-hydrogen) atoms. The average Bonchev–Trinajstić information content (AvgIpc) is 3.52. The van der Waals surface area contributed by atoms with E-state index in [1.807, 2.05) is 12.1 Å². The van der Waals surface area contributed by atoms with Crippen molar-refractivity contribution in [3.8, 4) is 22.3 Å². The predicted octanol–water partition coefficient (Wildman–Crippen LogP) is 12.7. The monoisotopic (exact) mass is 587 g/mol. The fourth-order valence-electron chi connectivity index (χ4n) is 6.73. The predicted molar refractivity (Wildman–Crippen MR) is 194 cm³/mol. The summed E-state index contributed by atoms with van der Waals surface area (Å²) in [4.78, 5) is 2.34. The number of hydrogen-bond donors (Lipinski definition) is 0. The molecule has 0 atom stereocenters. The molecule has 0 bridgehead atoms. The van der Waals surface area contributed by atoms with Gasteiger partial charge in [0.15, 0.2) is 0 Å². The van der Waals surface area contributed by atoms with E-state index in [1.165, 1.54) is 49.2 Å². The first kappa shape index (κ1) is 26.3. The van der Waals surface area contributed by atoms with Gasteiger partial charge >= 0.3 is 0 Å². The number of nitrogens with zero attached hydrogens (tertiary/aromatic N) is 1. The molecule has 8 aromatic carbocycles. The molecule has 0 aliphatic heterocycles. The third kappa shape index (κ3) is 4.51. The summed E-state index contributed by atoms with van der Waals surface area (Å²) < 4.78 is 6.13. The Bertz CT molecular complexity index is 2510. The van der Waals surface area contributed by atoms with E-state index in [0.717, 1.165) is 33.6 Å². The highest BCUT2D eigenvalue weighted by molar-refractivity contribution is 6.19. The van der Waals surface area contributed by atoms with Crippen molar-refractivity contribution in [2.45, 2.75) is 0 Å². The number of benzene rings is 8. The van der Waals surface area contributed by atoms with Gasteiger partial charge in [0.1, 0.15) is 11.2 Å². The Morgan fingerprint density at radius 2 is 0.913 bits per heavy atom. The van der Waals surface area contributed by atoms with Crippen molar-refractivity contribution in [1.82, 2.24) is 0 Å². The van der Waals surface area contributed by atoms with Crippen LogP contribution < -0.4 is 4.90 Å². The Morgan fingerprint density at radius 1 is 0.326 bits per heavy atom. The van der Waals surface area contributed by atoms with Crippen LogP contribution in [0.2, 0.25) is 0 Å². The van der Waals surface area contributed by atoms with Gasteiger partial charge in [-0.1, -0.05) is 121 Å². The highest BCUT2D eigenvalue weighted by Crippen LogP contribution is 2.39. The minimum absolute atomic E-state index is 0.926. The molecule has 9 aromatic rings. The maximum atomic E-state index is 6.13. The summed E-state index contributed by atoms with van der Waals surface area (Å²) in [6.07, 6.45) is 0. The molecule has 0 spiro atoms. The zero-order valence-electron chi connectivity index (χ0n) is 25.1. The van der Waals surface area contributed by atoms with Crippen molar-refractivity contribution in [2.75, 3.05) is 4.90 Å². The van der Waals surface area contributed by atoms with Crippen molar-refractivity contribution in [3.63, 3.8) is 0 Å². The van der Waals surface area contributed by atoms with Crippen molar-refractivity contribution < 1.29 is 4.42 Å².